The fourth-order valence-electron chi connectivity index (χ4n) is 3.43. The van der Waals surface area contributed by atoms with E-state index in [1.54, 1.807) is 13.2 Å². The average molecular weight is 326 g/mol. The lowest BCUT2D eigenvalue weighted by Crippen LogP contribution is -2.31. The molecule has 0 unspecified atom stereocenters. The zero-order valence-corrected chi connectivity index (χ0v) is 13.6. The summed E-state index contributed by atoms with van der Waals surface area (Å²) in [6.07, 6.45) is 0.698. The molecule has 2 aliphatic rings. The van der Waals surface area contributed by atoms with Crippen molar-refractivity contribution >= 4 is 5.97 Å². The van der Waals surface area contributed by atoms with Crippen LogP contribution in [0.5, 0.6) is 23.0 Å². The van der Waals surface area contributed by atoms with E-state index in [2.05, 4.69) is 0 Å². The second-order valence-corrected chi connectivity index (χ2v) is 5.93. The zero-order valence-electron chi connectivity index (χ0n) is 13.6. The second kappa shape index (κ2) is 5.74. The zero-order chi connectivity index (χ0) is 16.7. The molecule has 0 saturated carbocycles. The molecule has 5 heteroatoms. The molecule has 0 saturated heterocycles. The van der Waals surface area contributed by atoms with Gasteiger partial charge in [0, 0.05) is 17.5 Å². The van der Waals surface area contributed by atoms with Crippen molar-refractivity contribution in [1.29, 1.82) is 0 Å². The quantitative estimate of drug-likeness (QED) is 0.638. The number of esters is 1. The first-order valence-corrected chi connectivity index (χ1v) is 8.00. The summed E-state index contributed by atoms with van der Waals surface area (Å²) in [6, 6.07) is 11.5. The Bertz CT molecular complexity index is 781. The predicted molar refractivity (Wildman–Crippen MR) is 86.8 cm³/mol. The summed E-state index contributed by atoms with van der Waals surface area (Å²) in [5.41, 5.74) is 2.01. The number of carbonyl (C=O) groups is 1. The van der Waals surface area contributed by atoms with Gasteiger partial charge in [-0.25, -0.2) is 0 Å². The van der Waals surface area contributed by atoms with Gasteiger partial charge in [-0.3, -0.25) is 4.79 Å². The third-order valence-corrected chi connectivity index (χ3v) is 4.67. The molecule has 0 spiro atoms. The van der Waals surface area contributed by atoms with Crippen LogP contribution >= 0.6 is 0 Å². The van der Waals surface area contributed by atoms with Crippen molar-refractivity contribution in [2.75, 3.05) is 13.9 Å². The number of benzene rings is 2. The van der Waals surface area contributed by atoms with Crippen molar-refractivity contribution in [1.82, 2.24) is 0 Å². The van der Waals surface area contributed by atoms with E-state index in [4.69, 9.17) is 18.9 Å². The molecular formula is C19H18O5. The molecule has 5 nitrogen and oxygen atoms in total. The van der Waals surface area contributed by atoms with Gasteiger partial charge >= 0.3 is 5.97 Å². The second-order valence-electron chi connectivity index (χ2n) is 5.93. The molecule has 2 atom stereocenters. The van der Waals surface area contributed by atoms with E-state index in [9.17, 15) is 4.79 Å². The van der Waals surface area contributed by atoms with Gasteiger partial charge in [0.25, 0.3) is 0 Å². The molecule has 2 aliphatic heterocycles. The van der Waals surface area contributed by atoms with Gasteiger partial charge in [0.15, 0.2) is 11.5 Å². The molecule has 0 aromatic heterocycles. The van der Waals surface area contributed by atoms with Crippen molar-refractivity contribution in [2.45, 2.75) is 19.3 Å². The topological polar surface area (TPSA) is 54.0 Å². The van der Waals surface area contributed by atoms with Crippen LogP contribution in [0, 0.1) is 5.92 Å². The summed E-state index contributed by atoms with van der Waals surface area (Å²) in [4.78, 5) is 12.5. The summed E-state index contributed by atoms with van der Waals surface area (Å²) in [6.45, 7) is 2.19. The van der Waals surface area contributed by atoms with Crippen molar-refractivity contribution in [3.8, 4) is 23.0 Å². The molecule has 0 radical (unpaired) electrons. The van der Waals surface area contributed by atoms with Gasteiger partial charge in [-0.1, -0.05) is 19.1 Å². The third kappa shape index (κ3) is 2.28. The fourth-order valence-corrected chi connectivity index (χ4v) is 3.43. The normalized spacial score (nSPS) is 21.2. The van der Waals surface area contributed by atoms with E-state index in [-0.39, 0.29) is 24.6 Å². The minimum Gasteiger partial charge on any atom is -0.497 e. The molecule has 124 valence electrons. The van der Waals surface area contributed by atoms with Gasteiger partial charge in [-0.15, -0.1) is 0 Å². The lowest BCUT2D eigenvalue weighted by atomic mass is 9.77. The number of hydrogen-bond acceptors (Lipinski definition) is 5. The molecule has 2 aromatic rings. The molecule has 2 aromatic carbocycles. The van der Waals surface area contributed by atoms with Crippen molar-refractivity contribution in [3.05, 3.63) is 47.5 Å². The van der Waals surface area contributed by atoms with Crippen molar-refractivity contribution < 1.29 is 23.7 Å². The minimum absolute atomic E-state index is 0.0772. The van der Waals surface area contributed by atoms with Crippen LogP contribution in [0.2, 0.25) is 0 Å². The Hall–Kier alpha value is -2.69. The molecule has 2 heterocycles. The first-order valence-electron chi connectivity index (χ1n) is 8.00. The van der Waals surface area contributed by atoms with E-state index in [0.717, 1.165) is 16.9 Å². The summed E-state index contributed by atoms with van der Waals surface area (Å²) in [5, 5.41) is 0. The Morgan fingerprint density at radius 2 is 1.79 bits per heavy atom. The first kappa shape index (κ1) is 14.9. The van der Waals surface area contributed by atoms with E-state index in [1.165, 1.54) is 0 Å². The van der Waals surface area contributed by atoms with Crippen LogP contribution in [0.1, 0.15) is 30.4 Å². The summed E-state index contributed by atoms with van der Waals surface area (Å²) in [7, 11) is 1.64. The maximum absolute atomic E-state index is 12.5. The number of fused-ring (bicyclic) bond motifs is 2. The van der Waals surface area contributed by atoms with Crippen LogP contribution in [0.3, 0.4) is 0 Å². The lowest BCUT2D eigenvalue weighted by molar-refractivity contribution is -0.140. The van der Waals surface area contributed by atoms with Gasteiger partial charge in [0.1, 0.15) is 11.5 Å². The molecule has 24 heavy (non-hydrogen) atoms. The Labute approximate surface area is 140 Å². The molecule has 0 aliphatic carbocycles. The Kier molecular flexibility index (Phi) is 3.56. The fraction of sp³-hybridized carbons (Fsp3) is 0.316. The van der Waals surface area contributed by atoms with Gasteiger partial charge in [0.2, 0.25) is 6.79 Å². The number of ether oxygens (including phenoxy) is 4. The summed E-state index contributed by atoms with van der Waals surface area (Å²) >= 11 is 0. The van der Waals surface area contributed by atoms with E-state index >= 15 is 0 Å². The number of rotatable bonds is 3. The molecule has 0 bridgehead atoms. The highest BCUT2D eigenvalue weighted by Gasteiger charge is 2.39. The maximum atomic E-state index is 12.5. The monoisotopic (exact) mass is 326 g/mol. The lowest BCUT2D eigenvalue weighted by Gasteiger charge is -2.32. The van der Waals surface area contributed by atoms with Crippen molar-refractivity contribution in [3.63, 3.8) is 0 Å². The van der Waals surface area contributed by atoms with Crippen molar-refractivity contribution in [2.24, 2.45) is 5.92 Å². The predicted octanol–water partition coefficient (Wildman–Crippen LogP) is 3.50. The first-order chi connectivity index (χ1) is 11.7. The van der Waals surface area contributed by atoms with Crippen LogP contribution in [0.4, 0.5) is 0 Å². The van der Waals surface area contributed by atoms with Gasteiger partial charge in [-0.2, -0.15) is 0 Å². The molecular weight excluding hydrogens is 308 g/mol. The maximum Gasteiger partial charge on any atom is 0.315 e. The van der Waals surface area contributed by atoms with E-state index in [1.807, 2.05) is 37.3 Å². The molecule has 0 fully saturated rings. The number of hydrogen-bond donors (Lipinski definition) is 0. The van der Waals surface area contributed by atoms with E-state index < -0.39 is 0 Å². The SMILES string of the molecule is CC[C@@H]1C(=O)Oc2cc3c(cc2[C@@H]1c1ccc(OC)cc1)OCO3. The Balaban J connectivity index is 1.84. The number of methoxy groups -OCH3 is 1. The highest BCUT2D eigenvalue weighted by atomic mass is 16.7. The molecule has 4 rings (SSSR count). The highest BCUT2D eigenvalue weighted by molar-refractivity contribution is 5.81. The number of carbonyl (C=O) groups excluding carboxylic acids is 1. The van der Waals surface area contributed by atoms with Gasteiger partial charge in [-0.05, 0) is 30.2 Å². The van der Waals surface area contributed by atoms with E-state index in [0.29, 0.717) is 23.7 Å². The van der Waals surface area contributed by atoms with Crippen LogP contribution in [0.15, 0.2) is 36.4 Å². The third-order valence-electron chi connectivity index (χ3n) is 4.67. The minimum atomic E-state index is -0.230. The van der Waals surface area contributed by atoms with Gasteiger partial charge < -0.3 is 18.9 Å². The van der Waals surface area contributed by atoms with Crippen LogP contribution in [0.25, 0.3) is 0 Å². The Morgan fingerprint density at radius 3 is 2.46 bits per heavy atom. The summed E-state index contributed by atoms with van der Waals surface area (Å²) < 4.78 is 21.7. The average Bonchev–Trinajstić information content (AvgIpc) is 3.06. The largest absolute Gasteiger partial charge is 0.497 e. The summed E-state index contributed by atoms with van der Waals surface area (Å²) in [5.74, 6) is 2.14. The highest BCUT2D eigenvalue weighted by Crippen LogP contribution is 2.48. The van der Waals surface area contributed by atoms with Crippen LogP contribution in [-0.2, 0) is 4.79 Å². The smallest absolute Gasteiger partial charge is 0.315 e. The standard InChI is InChI=1S/C19H18O5/c1-3-13-18(11-4-6-12(21-2)7-5-11)14-8-16-17(23-10-22-16)9-15(14)24-19(13)20/h4-9,13,18H,3,10H2,1-2H3/t13-,18+/m0/s1. The molecule has 0 amide bonds. The molecule has 0 N–H and O–H groups in total. The Morgan fingerprint density at radius 1 is 1.08 bits per heavy atom. The van der Waals surface area contributed by atoms with Gasteiger partial charge in [0.05, 0.1) is 13.0 Å². The van der Waals surface area contributed by atoms with Crippen LogP contribution in [-0.4, -0.2) is 19.9 Å². The van der Waals surface area contributed by atoms with Crippen LogP contribution < -0.4 is 18.9 Å².